The number of carbonyl (C=O) groups excluding carboxylic acids is 1. The van der Waals surface area contributed by atoms with E-state index in [4.69, 9.17) is 9.88 Å². The van der Waals surface area contributed by atoms with Gasteiger partial charge in [-0.2, -0.15) is 0 Å². The summed E-state index contributed by atoms with van der Waals surface area (Å²) in [6, 6.07) is 1.86. The van der Waals surface area contributed by atoms with Crippen molar-refractivity contribution in [1.82, 2.24) is 4.90 Å². The first kappa shape index (κ1) is 16.9. The highest BCUT2D eigenvalue weighted by Gasteiger charge is 2.21. The Balaban J connectivity index is 3.11. The standard InChI is InChI=1S/C11H14BrFN2O4S/c1-6(11(16)15(2)3)19-9-5-8(13)10(4-7(9)12)20(14,17)18/h4-6H,1-3H3,(H2,14,17,18). The number of carbonyl (C=O) groups is 1. The van der Waals surface area contributed by atoms with Crippen molar-refractivity contribution in [3.63, 3.8) is 0 Å². The normalized spacial score (nSPS) is 12.9. The average Bonchev–Trinajstić information content (AvgIpc) is 2.30. The van der Waals surface area contributed by atoms with Crippen LogP contribution in [-0.2, 0) is 14.8 Å². The van der Waals surface area contributed by atoms with Crippen LogP contribution in [0.1, 0.15) is 6.92 Å². The van der Waals surface area contributed by atoms with Gasteiger partial charge in [0.2, 0.25) is 10.0 Å². The Morgan fingerprint density at radius 1 is 1.45 bits per heavy atom. The zero-order valence-electron chi connectivity index (χ0n) is 11.1. The van der Waals surface area contributed by atoms with Crippen LogP contribution in [0.5, 0.6) is 5.75 Å². The molecule has 0 saturated carbocycles. The zero-order chi connectivity index (χ0) is 15.7. The Bertz CT molecular complexity index is 634. The summed E-state index contributed by atoms with van der Waals surface area (Å²) in [6.45, 7) is 1.50. The summed E-state index contributed by atoms with van der Waals surface area (Å²) >= 11 is 3.05. The van der Waals surface area contributed by atoms with E-state index in [0.29, 0.717) is 0 Å². The van der Waals surface area contributed by atoms with Crippen LogP contribution in [0.3, 0.4) is 0 Å². The van der Waals surface area contributed by atoms with Crippen LogP contribution in [0.2, 0.25) is 0 Å². The molecule has 1 atom stereocenters. The van der Waals surface area contributed by atoms with E-state index in [1.54, 1.807) is 14.1 Å². The van der Waals surface area contributed by atoms with Crippen LogP contribution in [0, 0.1) is 5.82 Å². The number of amides is 1. The van der Waals surface area contributed by atoms with Gasteiger partial charge in [-0.25, -0.2) is 17.9 Å². The van der Waals surface area contributed by atoms with Crippen molar-refractivity contribution in [1.29, 1.82) is 0 Å². The van der Waals surface area contributed by atoms with Gasteiger partial charge in [0, 0.05) is 20.2 Å². The summed E-state index contributed by atoms with van der Waals surface area (Å²) in [7, 11) is -1.05. The molecule has 2 N–H and O–H groups in total. The molecule has 1 amide bonds. The molecule has 1 unspecified atom stereocenters. The average molecular weight is 369 g/mol. The molecule has 0 aliphatic rings. The maximum Gasteiger partial charge on any atom is 0.262 e. The highest BCUT2D eigenvalue weighted by molar-refractivity contribution is 9.10. The van der Waals surface area contributed by atoms with Gasteiger partial charge < -0.3 is 9.64 Å². The number of hydrogen-bond acceptors (Lipinski definition) is 4. The minimum atomic E-state index is -4.17. The molecule has 0 aromatic heterocycles. The number of nitrogens with two attached hydrogens (primary N) is 1. The molecule has 20 heavy (non-hydrogen) atoms. The Labute approximate surface area is 124 Å². The van der Waals surface area contributed by atoms with Crippen molar-refractivity contribution in [2.24, 2.45) is 5.14 Å². The van der Waals surface area contributed by atoms with Crippen LogP contribution < -0.4 is 9.88 Å². The lowest BCUT2D eigenvalue weighted by atomic mass is 10.3. The summed E-state index contributed by atoms with van der Waals surface area (Å²) < 4.78 is 41.5. The summed E-state index contributed by atoms with van der Waals surface area (Å²) in [5.74, 6) is -1.35. The number of halogens is 2. The highest BCUT2D eigenvalue weighted by Crippen LogP contribution is 2.30. The summed E-state index contributed by atoms with van der Waals surface area (Å²) in [4.78, 5) is 12.3. The lowest BCUT2D eigenvalue weighted by molar-refractivity contribution is -0.135. The first-order valence-electron chi connectivity index (χ1n) is 5.43. The van der Waals surface area contributed by atoms with Crippen molar-refractivity contribution in [3.05, 3.63) is 22.4 Å². The van der Waals surface area contributed by atoms with Crippen LogP contribution in [0.15, 0.2) is 21.5 Å². The van der Waals surface area contributed by atoms with E-state index in [-0.39, 0.29) is 16.1 Å². The fourth-order valence-electron chi connectivity index (χ4n) is 1.42. The highest BCUT2D eigenvalue weighted by atomic mass is 79.9. The third-order valence-electron chi connectivity index (χ3n) is 2.39. The van der Waals surface area contributed by atoms with Crippen molar-refractivity contribution in [2.75, 3.05) is 14.1 Å². The second-order valence-electron chi connectivity index (χ2n) is 4.25. The van der Waals surface area contributed by atoms with Crippen LogP contribution >= 0.6 is 15.9 Å². The van der Waals surface area contributed by atoms with E-state index in [0.717, 1.165) is 12.1 Å². The van der Waals surface area contributed by atoms with E-state index in [1.165, 1.54) is 11.8 Å². The Morgan fingerprint density at radius 3 is 2.45 bits per heavy atom. The van der Waals surface area contributed by atoms with E-state index >= 15 is 0 Å². The fraction of sp³-hybridized carbons (Fsp3) is 0.364. The predicted molar refractivity (Wildman–Crippen MR) is 74.3 cm³/mol. The van der Waals surface area contributed by atoms with Gasteiger partial charge in [-0.3, -0.25) is 4.79 Å². The monoisotopic (exact) mass is 368 g/mol. The van der Waals surface area contributed by atoms with E-state index in [1.807, 2.05) is 0 Å². The Hall–Kier alpha value is -1.19. The van der Waals surface area contributed by atoms with Crippen LogP contribution in [0.4, 0.5) is 4.39 Å². The summed E-state index contributed by atoms with van der Waals surface area (Å²) in [6.07, 6.45) is -0.846. The van der Waals surface area contributed by atoms with Gasteiger partial charge in [0.05, 0.1) is 4.47 Å². The molecular formula is C11H14BrFN2O4S. The lowest BCUT2D eigenvalue weighted by Gasteiger charge is -2.19. The molecule has 0 bridgehead atoms. The number of primary sulfonamides is 1. The fourth-order valence-corrected chi connectivity index (χ4v) is 2.62. The molecule has 1 aromatic rings. The van der Waals surface area contributed by atoms with Crippen LogP contribution in [-0.4, -0.2) is 39.4 Å². The predicted octanol–water partition coefficient (Wildman–Crippen LogP) is 1.09. The molecule has 0 aliphatic carbocycles. The third kappa shape index (κ3) is 3.90. The molecule has 0 aliphatic heterocycles. The van der Waals surface area contributed by atoms with Gasteiger partial charge in [0.25, 0.3) is 5.91 Å². The smallest absolute Gasteiger partial charge is 0.262 e. The number of nitrogens with zero attached hydrogens (tertiary/aromatic N) is 1. The summed E-state index contributed by atoms with van der Waals surface area (Å²) in [5, 5.41) is 4.88. The molecule has 0 spiro atoms. The molecule has 0 radical (unpaired) electrons. The molecule has 6 nitrogen and oxygen atoms in total. The molecule has 9 heteroatoms. The van der Waals surface area contributed by atoms with Gasteiger partial charge in [-0.1, -0.05) is 0 Å². The van der Waals surface area contributed by atoms with Gasteiger partial charge in [0.1, 0.15) is 16.5 Å². The third-order valence-corrected chi connectivity index (χ3v) is 3.93. The first-order valence-corrected chi connectivity index (χ1v) is 7.77. The zero-order valence-corrected chi connectivity index (χ0v) is 13.5. The molecule has 1 aromatic carbocycles. The van der Waals surface area contributed by atoms with E-state index in [2.05, 4.69) is 15.9 Å². The van der Waals surface area contributed by atoms with Crippen molar-refractivity contribution < 1.29 is 22.3 Å². The molecular weight excluding hydrogens is 355 g/mol. The molecule has 0 saturated heterocycles. The number of benzene rings is 1. The van der Waals surface area contributed by atoms with Gasteiger partial charge >= 0.3 is 0 Å². The van der Waals surface area contributed by atoms with Crippen LogP contribution in [0.25, 0.3) is 0 Å². The van der Waals surface area contributed by atoms with E-state index < -0.39 is 26.8 Å². The number of hydrogen-bond donors (Lipinski definition) is 1. The summed E-state index contributed by atoms with van der Waals surface area (Å²) in [5.41, 5.74) is 0. The van der Waals surface area contributed by atoms with Crippen molar-refractivity contribution >= 4 is 31.9 Å². The molecule has 1 rings (SSSR count). The minimum absolute atomic E-state index is 0.0117. The number of rotatable bonds is 4. The maximum absolute atomic E-state index is 13.7. The second kappa shape index (κ2) is 6.06. The maximum atomic E-state index is 13.7. The van der Waals surface area contributed by atoms with Crippen molar-refractivity contribution in [2.45, 2.75) is 17.9 Å². The largest absolute Gasteiger partial charge is 0.480 e. The lowest BCUT2D eigenvalue weighted by Crippen LogP contribution is -2.35. The Morgan fingerprint density at radius 2 is 2.00 bits per heavy atom. The minimum Gasteiger partial charge on any atom is -0.480 e. The molecule has 0 fully saturated rings. The first-order chi connectivity index (χ1) is 9.04. The number of likely N-dealkylation sites (N-methyl/N-ethyl adjacent to an activating group) is 1. The van der Waals surface area contributed by atoms with E-state index in [9.17, 15) is 17.6 Å². The number of sulfonamides is 1. The Kier molecular flexibility index (Phi) is 5.11. The SMILES string of the molecule is CC(Oc1cc(F)c(S(N)(=O)=O)cc1Br)C(=O)N(C)C. The topological polar surface area (TPSA) is 89.7 Å². The molecule has 112 valence electrons. The van der Waals surface area contributed by atoms with Gasteiger partial charge in [0.15, 0.2) is 6.10 Å². The molecule has 0 heterocycles. The van der Waals surface area contributed by atoms with Gasteiger partial charge in [-0.15, -0.1) is 0 Å². The second-order valence-corrected chi connectivity index (χ2v) is 6.63. The number of ether oxygens (including phenoxy) is 1. The quantitative estimate of drug-likeness (QED) is 0.861. The van der Waals surface area contributed by atoms with Crippen molar-refractivity contribution in [3.8, 4) is 5.75 Å². The van der Waals surface area contributed by atoms with Gasteiger partial charge in [-0.05, 0) is 28.9 Å².